The quantitative estimate of drug-likeness (QED) is 0.864. The number of methoxy groups -OCH3 is 1. The molecule has 0 bridgehead atoms. The van der Waals surface area contributed by atoms with Crippen LogP contribution in [-0.2, 0) is 0 Å². The number of aromatic nitrogens is 2. The van der Waals surface area contributed by atoms with Gasteiger partial charge in [0, 0.05) is 5.69 Å². The van der Waals surface area contributed by atoms with E-state index in [-0.39, 0.29) is 11.9 Å². The zero-order valence-electron chi connectivity index (χ0n) is 9.98. The van der Waals surface area contributed by atoms with Gasteiger partial charge in [0.15, 0.2) is 0 Å². The van der Waals surface area contributed by atoms with Gasteiger partial charge >= 0.3 is 6.01 Å². The van der Waals surface area contributed by atoms with E-state index >= 15 is 0 Å². The molecule has 1 heterocycles. The van der Waals surface area contributed by atoms with Crippen molar-refractivity contribution in [3.63, 3.8) is 0 Å². The Bertz CT molecular complexity index is 575. The molecule has 0 unspecified atom stereocenters. The van der Waals surface area contributed by atoms with Gasteiger partial charge in [-0.15, -0.1) is 0 Å². The van der Waals surface area contributed by atoms with Crippen LogP contribution in [0.5, 0.6) is 17.6 Å². The molecule has 2 rings (SSSR count). The molecule has 6 heteroatoms. The van der Waals surface area contributed by atoms with E-state index in [9.17, 15) is 0 Å². The molecule has 0 saturated heterocycles. The number of hydrogen-bond donors (Lipinski definition) is 1. The molecule has 1 aromatic carbocycles. The molecule has 0 amide bonds. The van der Waals surface area contributed by atoms with Crippen molar-refractivity contribution in [3.8, 4) is 17.6 Å². The number of aryl methyl sites for hydroxylation is 1. The highest BCUT2D eigenvalue weighted by Gasteiger charge is 2.09. The molecule has 0 spiro atoms. The monoisotopic (exact) mass is 265 g/mol. The summed E-state index contributed by atoms with van der Waals surface area (Å²) in [6.07, 6.45) is 1.43. The number of nitrogen functional groups attached to an aromatic ring is 1. The Morgan fingerprint density at radius 3 is 2.78 bits per heavy atom. The Kier molecular flexibility index (Phi) is 3.53. The lowest BCUT2D eigenvalue weighted by Crippen LogP contribution is -1.97. The fourth-order valence-electron chi connectivity index (χ4n) is 1.40. The molecule has 18 heavy (non-hydrogen) atoms. The average molecular weight is 266 g/mol. The van der Waals surface area contributed by atoms with Gasteiger partial charge in [0.2, 0.25) is 5.88 Å². The van der Waals surface area contributed by atoms with Gasteiger partial charge in [-0.25, -0.2) is 4.98 Å². The number of rotatable bonds is 3. The summed E-state index contributed by atoms with van der Waals surface area (Å²) in [5.41, 5.74) is 7.23. The molecule has 0 saturated carbocycles. The second-order valence-corrected chi connectivity index (χ2v) is 4.04. The van der Waals surface area contributed by atoms with Crippen LogP contribution in [0.15, 0.2) is 24.4 Å². The van der Waals surface area contributed by atoms with Crippen molar-refractivity contribution < 1.29 is 9.47 Å². The highest BCUT2D eigenvalue weighted by Crippen LogP contribution is 2.30. The van der Waals surface area contributed by atoms with E-state index in [4.69, 9.17) is 26.8 Å². The lowest BCUT2D eigenvalue weighted by molar-refractivity contribution is 0.366. The van der Waals surface area contributed by atoms with Crippen LogP contribution in [0.2, 0.25) is 5.02 Å². The molecule has 2 N–H and O–H groups in total. The van der Waals surface area contributed by atoms with Crippen molar-refractivity contribution in [3.05, 3.63) is 35.0 Å². The maximum Gasteiger partial charge on any atom is 0.319 e. The maximum atomic E-state index is 5.96. The molecule has 2 aromatic rings. The fourth-order valence-corrected chi connectivity index (χ4v) is 1.53. The Balaban J connectivity index is 2.33. The van der Waals surface area contributed by atoms with Crippen molar-refractivity contribution in [1.82, 2.24) is 9.97 Å². The van der Waals surface area contributed by atoms with Gasteiger partial charge < -0.3 is 15.2 Å². The van der Waals surface area contributed by atoms with Gasteiger partial charge in [-0.2, -0.15) is 4.98 Å². The summed E-state index contributed by atoms with van der Waals surface area (Å²) in [5.74, 6) is 0.878. The molecule has 0 atom stereocenters. The number of benzene rings is 1. The molecular formula is C12H12ClN3O2. The first kappa shape index (κ1) is 12.4. The standard InChI is InChI=1S/C12H12ClN3O2/c1-7-5-8(14)3-4-10(7)18-11-9(13)6-15-12(16-11)17-2/h3-6H,14H2,1-2H3. The lowest BCUT2D eigenvalue weighted by Gasteiger charge is -2.10. The predicted octanol–water partition coefficient (Wildman–Crippen LogP) is 2.82. The third kappa shape index (κ3) is 2.62. The van der Waals surface area contributed by atoms with Crippen LogP contribution in [0.4, 0.5) is 5.69 Å². The number of hydrogen-bond acceptors (Lipinski definition) is 5. The third-order valence-electron chi connectivity index (χ3n) is 2.28. The van der Waals surface area contributed by atoms with Gasteiger partial charge in [-0.05, 0) is 30.7 Å². The molecule has 0 aliphatic heterocycles. The Morgan fingerprint density at radius 1 is 1.33 bits per heavy atom. The van der Waals surface area contributed by atoms with Crippen LogP contribution in [0.1, 0.15) is 5.56 Å². The van der Waals surface area contributed by atoms with Crippen molar-refractivity contribution >= 4 is 17.3 Å². The number of nitrogens with zero attached hydrogens (tertiary/aromatic N) is 2. The number of anilines is 1. The smallest absolute Gasteiger partial charge is 0.319 e. The minimum Gasteiger partial charge on any atom is -0.467 e. The van der Waals surface area contributed by atoms with Crippen LogP contribution >= 0.6 is 11.6 Å². The van der Waals surface area contributed by atoms with Crippen molar-refractivity contribution in [2.45, 2.75) is 6.92 Å². The first-order valence-corrected chi connectivity index (χ1v) is 5.58. The lowest BCUT2D eigenvalue weighted by atomic mass is 10.2. The second-order valence-electron chi connectivity index (χ2n) is 3.64. The summed E-state index contributed by atoms with van der Waals surface area (Å²) in [6.45, 7) is 1.89. The maximum absolute atomic E-state index is 5.96. The minimum absolute atomic E-state index is 0.197. The van der Waals surface area contributed by atoms with Crippen molar-refractivity contribution in [2.24, 2.45) is 0 Å². The summed E-state index contributed by atoms with van der Waals surface area (Å²) in [6, 6.07) is 5.51. The van der Waals surface area contributed by atoms with E-state index < -0.39 is 0 Å². The van der Waals surface area contributed by atoms with Crippen LogP contribution in [0, 0.1) is 6.92 Å². The molecule has 94 valence electrons. The van der Waals surface area contributed by atoms with Crippen LogP contribution in [0.25, 0.3) is 0 Å². The summed E-state index contributed by atoms with van der Waals surface area (Å²) in [4.78, 5) is 7.90. The molecular weight excluding hydrogens is 254 g/mol. The van der Waals surface area contributed by atoms with E-state index in [0.29, 0.717) is 16.5 Å². The Hall–Kier alpha value is -2.01. The van der Waals surface area contributed by atoms with E-state index in [0.717, 1.165) is 5.56 Å². The minimum atomic E-state index is 0.197. The average Bonchev–Trinajstić information content (AvgIpc) is 2.35. The predicted molar refractivity (Wildman–Crippen MR) is 69.3 cm³/mol. The zero-order chi connectivity index (χ0) is 13.1. The number of ether oxygens (including phenoxy) is 2. The normalized spacial score (nSPS) is 10.2. The van der Waals surface area contributed by atoms with E-state index in [1.165, 1.54) is 13.3 Å². The largest absolute Gasteiger partial charge is 0.467 e. The van der Waals surface area contributed by atoms with Gasteiger partial charge in [0.25, 0.3) is 0 Å². The summed E-state index contributed by atoms with van der Waals surface area (Å²) in [7, 11) is 1.47. The number of halogens is 1. The van der Waals surface area contributed by atoms with E-state index in [1.54, 1.807) is 12.1 Å². The van der Waals surface area contributed by atoms with Crippen LogP contribution < -0.4 is 15.2 Å². The SMILES string of the molecule is COc1ncc(Cl)c(Oc2ccc(N)cc2C)n1. The van der Waals surface area contributed by atoms with Crippen LogP contribution in [-0.4, -0.2) is 17.1 Å². The molecule has 0 radical (unpaired) electrons. The first-order chi connectivity index (χ1) is 8.60. The Labute approximate surface area is 110 Å². The van der Waals surface area contributed by atoms with Gasteiger partial charge in [-0.1, -0.05) is 11.6 Å². The molecule has 5 nitrogen and oxygen atoms in total. The van der Waals surface area contributed by atoms with Gasteiger partial charge in [0.1, 0.15) is 10.8 Å². The highest BCUT2D eigenvalue weighted by molar-refractivity contribution is 6.31. The number of nitrogens with two attached hydrogens (primary N) is 1. The summed E-state index contributed by atoms with van der Waals surface area (Å²) >= 11 is 5.96. The van der Waals surface area contributed by atoms with Gasteiger partial charge in [0.05, 0.1) is 13.3 Å². The second kappa shape index (κ2) is 5.10. The summed E-state index contributed by atoms with van der Waals surface area (Å²) in [5, 5.41) is 0.312. The first-order valence-electron chi connectivity index (χ1n) is 5.20. The molecule has 1 aromatic heterocycles. The van der Waals surface area contributed by atoms with Crippen molar-refractivity contribution in [2.75, 3.05) is 12.8 Å². The molecule has 0 fully saturated rings. The fraction of sp³-hybridized carbons (Fsp3) is 0.167. The molecule has 0 aliphatic rings. The van der Waals surface area contributed by atoms with E-state index in [1.807, 2.05) is 13.0 Å². The van der Waals surface area contributed by atoms with Gasteiger partial charge in [-0.3, -0.25) is 0 Å². The van der Waals surface area contributed by atoms with Crippen LogP contribution in [0.3, 0.4) is 0 Å². The molecule has 0 aliphatic carbocycles. The topological polar surface area (TPSA) is 70.3 Å². The Morgan fingerprint density at radius 2 is 2.11 bits per heavy atom. The zero-order valence-corrected chi connectivity index (χ0v) is 10.7. The summed E-state index contributed by atoms with van der Waals surface area (Å²) < 4.78 is 10.5. The third-order valence-corrected chi connectivity index (χ3v) is 2.54. The highest BCUT2D eigenvalue weighted by atomic mass is 35.5. The van der Waals surface area contributed by atoms with Crippen molar-refractivity contribution in [1.29, 1.82) is 0 Å². The van der Waals surface area contributed by atoms with E-state index in [2.05, 4.69) is 9.97 Å².